The molecule has 0 aliphatic carbocycles. The standard InChI is InChI=1S/C24H30N2O3/c1-24(2,3)29-23(28)26-15-14-21(16-22(26)27)25(17-19-10-6-4-7-11-19)18-20-12-8-5-9-13-20/h4-13,21H,14-18H2,1-3H3/t21-/m0/s1. The van der Waals surface area contributed by atoms with Crippen LogP contribution in [0.3, 0.4) is 0 Å². The van der Waals surface area contributed by atoms with Crippen LogP contribution in [0.25, 0.3) is 0 Å². The lowest BCUT2D eigenvalue weighted by atomic mass is 10.0. The van der Waals surface area contributed by atoms with Crippen molar-refractivity contribution in [3.63, 3.8) is 0 Å². The van der Waals surface area contributed by atoms with Gasteiger partial charge in [-0.25, -0.2) is 9.69 Å². The number of amides is 2. The zero-order valence-corrected chi connectivity index (χ0v) is 17.5. The van der Waals surface area contributed by atoms with Crippen LogP contribution in [0.2, 0.25) is 0 Å². The van der Waals surface area contributed by atoms with E-state index < -0.39 is 11.7 Å². The van der Waals surface area contributed by atoms with E-state index in [9.17, 15) is 9.59 Å². The summed E-state index contributed by atoms with van der Waals surface area (Å²) in [6, 6.07) is 20.7. The first kappa shape index (κ1) is 21.1. The number of carbonyl (C=O) groups excluding carboxylic acids is 2. The van der Waals surface area contributed by atoms with Gasteiger partial charge in [0.2, 0.25) is 5.91 Å². The zero-order valence-electron chi connectivity index (χ0n) is 17.5. The van der Waals surface area contributed by atoms with Crippen LogP contribution in [0.5, 0.6) is 0 Å². The Labute approximate surface area is 173 Å². The van der Waals surface area contributed by atoms with Gasteiger partial charge in [-0.1, -0.05) is 60.7 Å². The number of ether oxygens (including phenoxy) is 1. The second kappa shape index (κ2) is 9.23. The SMILES string of the molecule is CC(C)(C)OC(=O)N1CC[C@H](N(Cc2ccccc2)Cc2ccccc2)CC1=O. The highest BCUT2D eigenvalue weighted by molar-refractivity contribution is 5.93. The number of likely N-dealkylation sites (tertiary alicyclic amines) is 1. The summed E-state index contributed by atoms with van der Waals surface area (Å²) in [5, 5.41) is 0. The van der Waals surface area contributed by atoms with Crippen molar-refractivity contribution >= 4 is 12.0 Å². The molecule has 1 fully saturated rings. The number of imide groups is 1. The Morgan fingerprint density at radius 2 is 1.52 bits per heavy atom. The number of benzene rings is 2. The molecule has 1 aliphatic rings. The first-order chi connectivity index (χ1) is 13.8. The summed E-state index contributed by atoms with van der Waals surface area (Å²) in [5.74, 6) is -0.165. The average molecular weight is 395 g/mol. The third kappa shape index (κ3) is 6.16. The van der Waals surface area contributed by atoms with Crippen LogP contribution in [0.1, 0.15) is 44.7 Å². The third-order valence-corrected chi connectivity index (χ3v) is 4.98. The molecule has 0 saturated carbocycles. The lowest BCUT2D eigenvalue weighted by Gasteiger charge is -2.38. The molecule has 0 aromatic heterocycles. The van der Waals surface area contributed by atoms with Crippen molar-refractivity contribution < 1.29 is 14.3 Å². The van der Waals surface area contributed by atoms with Gasteiger partial charge < -0.3 is 4.74 Å². The van der Waals surface area contributed by atoms with E-state index in [-0.39, 0.29) is 11.9 Å². The van der Waals surface area contributed by atoms with Crippen molar-refractivity contribution in [3.8, 4) is 0 Å². The lowest BCUT2D eigenvalue weighted by molar-refractivity contribution is -0.134. The van der Waals surface area contributed by atoms with Gasteiger partial charge in [-0.3, -0.25) is 9.69 Å². The summed E-state index contributed by atoms with van der Waals surface area (Å²) in [5.41, 5.74) is 1.82. The van der Waals surface area contributed by atoms with E-state index in [4.69, 9.17) is 4.74 Å². The highest BCUT2D eigenvalue weighted by Gasteiger charge is 2.35. The summed E-state index contributed by atoms with van der Waals surface area (Å²) in [6.07, 6.45) is 0.516. The predicted molar refractivity (Wildman–Crippen MR) is 113 cm³/mol. The molecular weight excluding hydrogens is 364 g/mol. The minimum absolute atomic E-state index is 0.0848. The maximum atomic E-state index is 12.7. The molecule has 5 heteroatoms. The summed E-state index contributed by atoms with van der Waals surface area (Å²) < 4.78 is 5.39. The fourth-order valence-electron chi connectivity index (χ4n) is 3.59. The van der Waals surface area contributed by atoms with Crippen LogP contribution in [0.15, 0.2) is 60.7 Å². The molecule has 29 heavy (non-hydrogen) atoms. The van der Waals surface area contributed by atoms with E-state index in [1.54, 1.807) is 0 Å². The largest absolute Gasteiger partial charge is 0.443 e. The van der Waals surface area contributed by atoms with Crippen molar-refractivity contribution in [2.24, 2.45) is 0 Å². The van der Waals surface area contributed by atoms with Gasteiger partial charge in [-0.15, -0.1) is 0 Å². The lowest BCUT2D eigenvalue weighted by Crippen LogP contribution is -2.50. The Kier molecular flexibility index (Phi) is 6.70. The number of carbonyl (C=O) groups is 2. The molecule has 1 heterocycles. The molecule has 0 radical (unpaired) electrons. The molecule has 0 bridgehead atoms. The van der Waals surface area contributed by atoms with Crippen LogP contribution in [-0.4, -0.2) is 40.0 Å². The third-order valence-electron chi connectivity index (χ3n) is 4.98. The number of rotatable bonds is 5. The molecule has 2 aromatic carbocycles. The highest BCUT2D eigenvalue weighted by atomic mass is 16.6. The molecule has 2 aromatic rings. The molecule has 154 valence electrons. The van der Waals surface area contributed by atoms with E-state index in [0.717, 1.165) is 19.5 Å². The van der Waals surface area contributed by atoms with Crippen molar-refractivity contribution in [1.82, 2.24) is 9.80 Å². The summed E-state index contributed by atoms with van der Waals surface area (Å²) in [7, 11) is 0. The molecule has 0 unspecified atom stereocenters. The van der Waals surface area contributed by atoms with Crippen LogP contribution < -0.4 is 0 Å². The smallest absolute Gasteiger partial charge is 0.417 e. The molecule has 2 amide bonds. The van der Waals surface area contributed by atoms with Gasteiger partial charge in [-0.2, -0.15) is 0 Å². The second-order valence-electron chi connectivity index (χ2n) is 8.55. The molecule has 0 N–H and O–H groups in total. The van der Waals surface area contributed by atoms with Gasteiger partial charge in [0.1, 0.15) is 5.60 Å². The van der Waals surface area contributed by atoms with Gasteiger partial charge in [0.15, 0.2) is 0 Å². The molecule has 1 saturated heterocycles. The monoisotopic (exact) mass is 394 g/mol. The van der Waals surface area contributed by atoms with Gasteiger partial charge >= 0.3 is 6.09 Å². The number of hydrogen-bond donors (Lipinski definition) is 0. The molecule has 1 aliphatic heterocycles. The second-order valence-corrected chi connectivity index (χ2v) is 8.55. The molecule has 5 nitrogen and oxygen atoms in total. The Bertz CT molecular complexity index is 774. The predicted octanol–water partition coefficient (Wildman–Crippen LogP) is 4.61. The Balaban J connectivity index is 1.71. The van der Waals surface area contributed by atoms with Crippen LogP contribution >= 0.6 is 0 Å². The van der Waals surface area contributed by atoms with E-state index in [2.05, 4.69) is 29.2 Å². The minimum atomic E-state index is -0.610. The minimum Gasteiger partial charge on any atom is -0.443 e. The van der Waals surface area contributed by atoms with Crippen LogP contribution in [0.4, 0.5) is 4.79 Å². The Morgan fingerprint density at radius 3 is 1.97 bits per heavy atom. The number of piperidine rings is 1. The summed E-state index contributed by atoms with van der Waals surface area (Å²) >= 11 is 0. The highest BCUT2D eigenvalue weighted by Crippen LogP contribution is 2.23. The van der Waals surface area contributed by atoms with Crippen LogP contribution in [-0.2, 0) is 22.6 Å². The molecule has 3 rings (SSSR count). The quantitative estimate of drug-likeness (QED) is 0.743. The molecule has 0 spiro atoms. The van der Waals surface area contributed by atoms with Crippen molar-refractivity contribution in [2.45, 2.75) is 58.3 Å². The summed E-state index contributed by atoms with van der Waals surface area (Å²) in [4.78, 5) is 28.7. The van der Waals surface area contributed by atoms with Crippen molar-refractivity contribution in [1.29, 1.82) is 0 Å². The van der Waals surface area contributed by atoms with Crippen molar-refractivity contribution in [2.75, 3.05) is 6.54 Å². The van der Waals surface area contributed by atoms with E-state index in [1.807, 2.05) is 57.2 Å². The van der Waals surface area contributed by atoms with Gasteiger partial charge in [0.05, 0.1) is 0 Å². The van der Waals surface area contributed by atoms with E-state index in [1.165, 1.54) is 16.0 Å². The van der Waals surface area contributed by atoms with Crippen LogP contribution in [0, 0.1) is 0 Å². The Hall–Kier alpha value is -2.66. The number of hydrogen-bond acceptors (Lipinski definition) is 4. The summed E-state index contributed by atoms with van der Waals surface area (Å²) in [6.45, 7) is 7.34. The molecule has 1 atom stereocenters. The van der Waals surface area contributed by atoms with Crippen molar-refractivity contribution in [3.05, 3.63) is 71.8 Å². The topological polar surface area (TPSA) is 49.9 Å². The molecular formula is C24H30N2O3. The normalized spacial score (nSPS) is 17.4. The first-order valence-corrected chi connectivity index (χ1v) is 10.2. The first-order valence-electron chi connectivity index (χ1n) is 10.2. The van der Waals surface area contributed by atoms with Gasteiger partial charge in [-0.05, 0) is 38.3 Å². The van der Waals surface area contributed by atoms with E-state index >= 15 is 0 Å². The van der Waals surface area contributed by atoms with Gasteiger partial charge in [0.25, 0.3) is 0 Å². The maximum Gasteiger partial charge on any atom is 0.417 e. The average Bonchev–Trinajstić information content (AvgIpc) is 2.67. The maximum absolute atomic E-state index is 12.7. The Morgan fingerprint density at radius 1 is 1.00 bits per heavy atom. The zero-order chi connectivity index (χ0) is 20.9. The number of nitrogens with zero attached hydrogens (tertiary/aromatic N) is 2. The van der Waals surface area contributed by atoms with E-state index in [0.29, 0.717) is 13.0 Å². The fourth-order valence-corrected chi connectivity index (χ4v) is 3.59. The van der Waals surface area contributed by atoms with Gasteiger partial charge in [0, 0.05) is 32.1 Å². The fraction of sp³-hybridized carbons (Fsp3) is 0.417.